The number of carbonyl (C=O) groups is 2. The van der Waals surface area contributed by atoms with Crippen LogP contribution in [-0.2, 0) is 32.7 Å². The van der Waals surface area contributed by atoms with Gasteiger partial charge in [0.05, 0.1) is 17.2 Å². The van der Waals surface area contributed by atoms with Gasteiger partial charge in [-0.3, -0.25) is 13.9 Å². The molecule has 2 amide bonds. The van der Waals surface area contributed by atoms with E-state index in [4.69, 9.17) is 4.74 Å². The maximum absolute atomic E-state index is 13.8. The van der Waals surface area contributed by atoms with Crippen LogP contribution in [0.5, 0.6) is 5.75 Å². The molecule has 0 spiro atoms. The maximum Gasteiger partial charge on any atom is 0.264 e. The van der Waals surface area contributed by atoms with E-state index in [9.17, 15) is 18.0 Å². The lowest BCUT2D eigenvalue weighted by Crippen LogP contribution is -2.41. The Balaban J connectivity index is 1.53. The number of anilines is 1. The smallest absolute Gasteiger partial charge is 0.264 e. The normalized spacial score (nSPS) is 13.4. The molecular formula is C29H33N3O5S2. The summed E-state index contributed by atoms with van der Waals surface area (Å²) in [5, 5.41) is 2.85. The molecule has 0 aromatic heterocycles. The molecule has 3 aromatic carbocycles. The van der Waals surface area contributed by atoms with Crippen LogP contribution in [0.4, 0.5) is 5.69 Å². The Morgan fingerprint density at radius 1 is 1.05 bits per heavy atom. The molecule has 1 N–H and O–H groups in total. The number of ether oxygens (including phenoxy) is 1. The van der Waals surface area contributed by atoms with Crippen molar-refractivity contribution in [3.05, 3.63) is 83.9 Å². The largest absolute Gasteiger partial charge is 0.492 e. The molecule has 206 valence electrons. The minimum atomic E-state index is -4.08. The molecule has 39 heavy (non-hydrogen) atoms. The SMILES string of the molecule is CCOc1ccccc1N(CC(=O)NCc1cccc(CN2CCCC2=O)c1)S(=O)(=O)c1ccc(SC)cc1. The first-order chi connectivity index (χ1) is 18.8. The molecule has 0 aliphatic carbocycles. The van der Waals surface area contributed by atoms with Gasteiger partial charge in [-0.25, -0.2) is 8.42 Å². The van der Waals surface area contributed by atoms with Crippen molar-refractivity contribution < 1.29 is 22.7 Å². The molecule has 0 radical (unpaired) electrons. The van der Waals surface area contributed by atoms with Crippen molar-refractivity contribution in [2.24, 2.45) is 0 Å². The van der Waals surface area contributed by atoms with Gasteiger partial charge in [-0.15, -0.1) is 11.8 Å². The molecule has 8 nitrogen and oxygen atoms in total. The summed E-state index contributed by atoms with van der Waals surface area (Å²) in [6, 6.07) is 21.1. The first kappa shape index (κ1) is 28.5. The Labute approximate surface area is 234 Å². The lowest BCUT2D eigenvalue weighted by atomic mass is 10.1. The zero-order valence-electron chi connectivity index (χ0n) is 22.1. The third-order valence-corrected chi connectivity index (χ3v) is 8.91. The van der Waals surface area contributed by atoms with E-state index < -0.39 is 22.5 Å². The average Bonchev–Trinajstić information content (AvgIpc) is 3.35. The molecule has 0 saturated carbocycles. The van der Waals surface area contributed by atoms with Crippen LogP contribution in [0.3, 0.4) is 0 Å². The van der Waals surface area contributed by atoms with Gasteiger partial charge in [-0.05, 0) is 67.1 Å². The summed E-state index contributed by atoms with van der Waals surface area (Å²) < 4.78 is 34.4. The lowest BCUT2D eigenvalue weighted by Gasteiger charge is -2.26. The minimum absolute atomic E-state index is 0.0866. The summed E-state index contributed by atoms with van der Waals surface area (Å²) in [5.41, 5.74) is 2.14. The Morgan fingerprint density at radius 2 is 1.79 bits per heavy atom. The van der Waals surface area contributed by atoms with Crippen molar-refractivity contribution in [1.29, 1.82) is 0 Å². The van der Waals surface area contributed by atoms with Gasteiger partial charge in [0, 0.05) is 31.0 Å². The number of benzene rings is 3. The van der Waals surface area contributed by atoms with E-state index in [0.717, 1.165) is 33.3 Å². The highest BCUT2D eigenvalue weighted by Crippen LogP contribution is 2.33. The predicted molar refractivity (Wildman–Crippen MR) is 153 cm³/mol. The topological polar surface area (TPSA) is 96.0 Å². The van der Waals surface area contributed by atoms with Crippen molar-refractivity contribution in [1.82, 2.24) is 10.2 Å². The lowest BCUT2D eigenvalue weighted by molar-refractivity contribution is -0.128. The average molecular weight is 568 g/mol. The van der Waals surface area contributed by atoms with E-state index >= 15 is 0 Å². The molecular weight excluding hydrogens is 534 g/mol. The molecule has 1 saturated heterocycles. The molecule has 0 unspecified atom stereocenters. The number of likely N-dealkylation sites (tertiary alicyclic amines) is 1. The van der Waals surface area contributed by atoms with Gasteiger partial charge in [0.25, 0.3) is 10.0 Å². The molecule has 0 bridgehead atoms. The number of carbonyl (C=O) groups excluding carboxylic acids is 2. The second-order valence-electron chi connectivity index (χ2n) is 9.10. The van der Waals surface area contributed by atoms with E-state index in [0.29, 0.717) is 31.0 Å². The number of hydrogen-bond donors (Lipinski definition) is 1. The minimum Gasteiger partial charge on any atom is -0.492 e. The Morgan fingerprint density at radius 3 is 2.49 bits per heavy atom. The van der Waals surface area contributed by atoms with Crippen LogP contribution < -0.4 is 14.4 Å². The molecule has 1 aliphatic rings. The number of thioether (sulfide) groups is 1. The fourth-order valence-corrected chi connectivity index (χ4v) is 6.27. The summed E-state index contributed by atoms with van der Waals surface area (Å²) in [5.74, 6) is 0.0810. The van der Waals surface area contributed by atoms with Gasteiger partial charge < -0.3 is 15.0 Å². The quantitative estimate of drug-likeness (QED) is 0.325. The van der Waals surface area contributed by atoms with Crippen LogP contribution in [0.15, 0.2) is 82.6 Å². The standard InChI is InChI=1S/C29H33N3O5S2/c1-3-37-27-11-5-4-10-26(27)32(39(35,36)25-15-13-24(38-2)14-16-25)21-28(33)30-19-22-8-6-9-23(18-22)20-31-17-7-12-29(31)34/h4-6,8-11,13-16,18H,3,7,12,17,19-21H2,1-2H3,(H,30,33). The van der Waals surface area contributed by atoms with Gasteiger partial charge >= 0.3 is 0 Å². The monoisotopic (exact) mass is 567 g/mol. The van der Waals surface area contributed by atoms with E-state index in [1.54, 1.807) is 48.5 Å². The first-order valence-electron chi connectivity index (χ1n) is 12.8. The van der Waals surface area contributed by atoms with Crippen LogP contribution in [-0.4, -0.2) is 51.1 Å². The van der Waals surface area contributed by atoms with Gasteiger partial charge in [0.1, 0.15) is 12.3 Å². The molecule has 1 fully saturated rings. The maximum atomic E-state index is 13.8. The fourth-order valence-electron chi connectivity index (χ4n) is 4.43. The highest BCUT2D eigenvalue weighted by Gasteiger charge is 2.29. The van der Waals surface area contributed by atoms with E-state index in [1.807, 2.05) is 42.3 Å². The van der Waals surface area contributed by atoms with Crippen molar-refractivity contribution in [3.8, 4) is 5.75 Å². The third-order valence-electron chi connectivity index (χ3n) is 6.39. The number of nitrogens with zero attached hydrogens (tertiary/aromatic N) is 2. The molecule has 0 atom stereocenters. The number of sulfonamides is 1. The number of rotatable bonds is 12. The summed E-state index contributed by atoms with van der Waals surface area (Å²) in [4.78, 5) is 28.0. The van der Waals surface area contributed by atoms with Crippen LogP contribution in [0.25, 0.3) is 0 Å². The number of para-hydroxylation sites is 2. The van der Waals surface area contributed by atoms with E-state index in [2.05, 4.69) is 5.32 Å². The zero-order valence-corrected chi connectivity index (χ0v) is 23.8. The Kier molecular flexibility index (Phi) is 9.53. The van der Waals surface area contributed by atoms with Gasteiger partial charge in [0.2, 0.25) is 11.8 Å². The molecule has 4 rings (SSSR count). The van der Waals surface area contributed by atoms with Gasteiger partial charge in [-0.1, -0.05) is 36.4 Å². The zero-order chi connectivity index (χ0) is 27.8. The first-order valence-corrected chi connectivity index (χ1v) is 15.5. The second kappa shape index (κ2) is 13.0. The molecule has 10 heteroatoms. The van der Waals surface area contributed by atoms with Crippen molar-refractivity contribution in [3.63, 3.8) is 0 Å². The highest BCUT2D eigenvalue weighted by molar-refractivity contribution is 7.98. The summed E-state index contributed by atoms with van der Waals surface area (Å²) >= 11 is 1.51. The Bertz CT molecular complexity index is 1410. The third kappa shape index (κ3) is 7.13. The second-order valence-corrected chi connectivity index (χ2v) is 11.8. The summed E-state index contributed by atoms with van der Waals surface area (Å²) in [6.07, 6.45) is 3.38. The molecule has 1 aliphatic heterocycles. The van der Waals surface area contributed by atoms with Crippen LogP contribution >= 0.6 is 11.8 Å². The number of nitrogens with one attached hydrogen (secondary N) is 1. The van der Waals surface area contributed by atoms with Crippen molar-refractivity contribution in [2.75, 3.05) is 30.3 Å². The summed E-state index contributed by atoms with van der Waals surface area (Å²) in [6.45, 7) is 3.27. The van der Waals surface area contributed by atoms with Crippen molar-refractivity contribution >= 4 is 39.3 Å². The predicted octanol–water partition coefficient (Wildman–Crippen LogP) is 4.44. The highest BCUT2D eigenvalue weighted by atomic mass is 32.2. The fraction of sp³-hybridized carbons (Fsp3) is 0.310. The van der Waals surface area contributed by atoms with E-state index in [-0.39, 0.29) is 17.3 Å². The van der Waals surface area contributed by atoms with Gasteiger partial charge in [-0.2, -0.15) is 0 Å². The van der Waals surface area contributed by atoms with Gasteiger partial charge in [0.15, 0.2) is 0 Å². The number of hydrogen-bond acceptors (Lipinski definition) is 6. The van der Waals surface area contributed by atoms with Crippen LogP contribution in [0.2, 0.25) is 0 Å². The van der Waals surface area contributed by atoms with E-state index in [1.165, 1.54) is 11.8 Å². The van der Waals surface area contributed by atoms with Crippen LogP contribution in [0.1, 0.15) is 30.9 Å². The number of amides is 2. The summed E-state index contributed by atoms with van der Waals surface area (Å²) in [7, 11) is -4.08. The van der Waals surface area contributed by atoms with Crippen molar-refractivity contribution in [2.45, 2.75) is 42.6 Å². The molecule has 3 aromatic rings. The molecule has 1 heterocycles. The van der Waals surface area contributed by atoms with Crippen LogP contribution in [0, 0.1) is 0 Å². The Hall–Kier alpha value is -3.50.